The Morgan fingerprint density at radius 2 is 2.44 bits per heavy atom. The molecule has 1 fully saturated rings. The predicted octanol–water partition coefficient (Wildman–Crippen LogP) is 2.68. The summed E-state index contributed by atoms with van der Waals surface area (Å²) in [6.07, 6.45) is 2.32. The Morgan fingerprint density at radius 1 is 1.50 bits per heavy atom. The molecule has 88 valence electrons. The molecule has 1 aliphatic rings. The van der Waals surface area contributed by atoms with Crippen molar-refractivity contribution < 1.29 is 9.47 Å². The van der Waals surface area contributed by atoms with Gasteiger partial charge in [-0.1, -0.05) is 6.07 Å². The standard InChI is InChI=1S/C13H19NO2/c1-2-16-13-7-3-5-11(9-13)14-12-6-4-8-15-10-12/h3,5,7,9,12,14H,2,4,6,8,10H2,1H3. The van der Waals surface area contributed by atoms with E-state index in [0.717, 1.165) is 31.1 Å². The SMILES string of the molecule is CCOc1cccc(NC2CCCOC2)c1. The van der Waals surface area contributed by atoms with Crippen LogP contribution in [-0.4, -0.2) is 25.9 Å². The molecule has 1 heterocycles. The maximum Gasteiger partial charge on any atom is 0.121 e. The van der Waals surface area contributed by atoms with Crippen molar-refractivity contribution in [2.75, 3.05) is 25.1 Å². The average molecular weight is 221 g/mol. The van der Waals surface area contributed by atoms with Gasteiger partial charge in [-0.3, -0.25) is 0 Å². The summed E-state index contributed by atoms with van der Waals surface area (Å²) in [5.74, 6) is 0.921. The van der Waals surface area contributed by atoms with Crippen molar-refractivity contribution >= 4 is 5.69 Å². The number of nitrogens with one attached hydrogen (secondary N) is 1. The largest absolute Gasteiger partial charge is 0.494 e. The van der Waals surface area contributed by atoms with E-state index in [0.29, 0.717) is 12.6 Å². The molecular formula is C13H19NO2. The van der Waals surface area contributed by atoms with Gasteiger partial charge in [-0.25, -0.2) is 0 Å². The third-order valence-electron chi connectivity index (χ3n) is 2.68. The van der Waals surface area contributed by atoms with Gasteiger partial charge >= 0.3 is 0 Å². The Hall–Kier alpha value is -1.22. The highest BCUT2D eigenvalue weighted by Gasteiger charge is 2.13. The van der Waals surface area contributed by atoms with Crippen LogP contribution in [0, 0.1) is 0 Å². The Morgan fingerprint density at radius 3 is 3.19 bits per heavy atom. The highest BCUT2D eigenvalue weighted by Crippen LogP contribution is 2.19. The zero-order valence-corrected chi connectivity index (χ0v) is 9.74. The Labute approximate surface area is 96.8 Å². The number of rotatable bonds is 4. The summed E-state index contributed by atoms with van der Waals surface area (Å²) in [7, 11) is 0. The molecule has 1 saturated heterocycles. The normalized spacial score (nSPS) is 20.4. The first-order valence-corrected chi connectivity index (χ1v) is 5.95. The Bertz CT molecular complexity index is 321. The van der Waals surface area contributed by atoms with Crippen molar-refractivity contribution in [1.29, 1.82) is 0 Å². The van der Waals surface area contributed by atoms with E-state index >= 15 is 0 Å². The van der Waals surface area contributed by atoms with Gasteiger partial charge in [0.25, 0.3) is 0 Å². The fourth-order valence-corrected chi connectivity index (χ4v) is 1.93. The summed E-state index contributed by atoms with van der Waals surface area (Å²) < 4.78 is 10.9. The van der Waals surface area contributed by atoms with E-state index in [1.807, 2.05) is 25.1 Å². The highest BCUT2D eigenvalue weighted by molar-refractivity contribution is 5.48. The second-order valence-electron chi connectivity index (χ2n) is 4.02. The quantitative estimate of drug-likeness (QED) is 0.848. The van der Waals surface area contributed by atoms with Crippen molar-refractivity contribution in [2.45, 2.75) is 25.8 Å². The topological polar surface area (TPSA) is 30.5 Å². The van der Waals surface area contributed by atoms with Crippen molar-refractivity contribution in [3.8, 4) is 5.75 Å². The van der Waals surface area contributed by atoms with Crippen molar-refractivity contribution in [3.05, 3.63) is 24.3 Å². The monoisotopic (exact) mass is 221 g/mol. The third kappa shape index (κ3) is 3.14. The highest BCUT2D eigenvalue weighted by atomic mass is 16.5. The molecule has 3 nitrogen and oxygen atoms in total. The molecule has 1 aromatic rings. The van der Waals surface area contributed by atoms with Crippen LogP contribution >= 0.6 is 0 Å². The molecule has 1 aliphatic heterocycles. The molecule has 16 heavy (non-hydrogen) atoms. The second-order valence-corrected chi connectivity index (χ2v) is 4.02. The number of hydrogen-bond donors (Lipinski definition) is 1. The van der Waals surface area contributed by atoms with Crippen molar-refractivity contribution in [2.24, 2.45) is 0 Å². The second kappa shape index (κ2) is 5.75. The molecule has 1 unspecified atom stereocenters. The minimum atomic E-state index is 0.436. The smallest absolute Gasteiger partial charge is 0.121 e. The van der Waals surface area contributed by atoms with Gasteiger partial charge < -0.3 is 14.8 Å². The molecular weight excluding hydrogens is 202 g/mol. The number of ether oxygens (including phenoxy) is 2. The Kier molecular flexibility index (Phi) is 4.05. The van der Waals surface area contributed by atoms with Crippen molar-refractivity contribution in [3.63, 3.8) is 0 Å². The third-order valence-corrected chi connectivity index (χ3v) is 2.68. The predicted molar refractivity (Wildman–Crippen MR) is 65.1 cm³/mol. The van der Waals surface area contributed by atoms with Crippen LogP contribution < -0.4 is 10.1 Å². The number of anilines is 1. The van der Waals surface area contributed by atoms with Crippen LogP contribution in [0.4, 0.5) is 5.69 Å². The maximum absolute atomic E-state index is 5.46. The van der Waals surface area contributed by atoms with Gasteiger partial charge in [-0.05, 0) is 31.9 Å². The molecule has 0 amide bonds. The minimum Gasteiger partial charge on any atom is -0.494 e. The molecule has 3 heteroatoms. The van der Waals surface area contributed by atoms with E-state index in [4.69, 9.17) is 9.47 Å². The van der Waals surface area contributed by atoms with Gasteiger partial charge in [-0.15, -0.1) is 0 Å². The van der Waals surface area contributed by atoms with Gasteiger partial charge in [0.15, 0.2) is 0 Å². The summed E-state index contributed by atoms with van der Waals surface area (Å²) in [5.41, 5.74) is 1.11. The number of benzene rings is 1. The molecule has 1 N–H and O–H groups in total. The van der Waals surface area contributed by atoms with E-state index in [2.05, 4.69) is 11.4 Å². The van der Waals surface area contributed by atoms with E-state index < -0.39 is 0 Å². The summed E-state index contributed by atoms with van der Waals surface area (Å²) >= 11 is 0. The van der Waals surface area contributed by atoms with Crippen LogP contribution in [0.3, 0.4) is 0 Å². The van der Waals surface area contributed by atoms with Crippen LogP contribution in [0.25, 0.3) is 0 Å². The molecule has 0 radical (unpaired) electrons. The lowest BCUT2D eigenvalue weighted by Gasteiger charge is -2.24. The lowest BCUT2D eigenvalue weighted by molar-refractivity contribution is 0.0876. The molecule has 0 saturated carbocycles. The van der Waals surface area contributed by atoms with E-state index in [-0.39, 0.29) is 0 Å². The van der Waals surface area contributed by atoms with E-state index in [1.165, 1.54) is 6.42 Å². The maximum atomic E-state index is 5.46. The Balaban J connectivity index is 1.94. The summed E-state index contributed by atoms with van der Waals surface area (Å²) in [5, 5.41) is 3.47. The summed E-state index contributed by atoms with van der Waals surface area (Å²) in [6.45, 7) is 4.40. The van der Waals surface area contributed by atoms with Crippen LogP contribution in [0.1, 0.15) is 19.8 Å². The average Bonchev–Trinajstić information content (AvgIpc) is 2.31. The zero-order valence-electron chi connectivity index (χ0n) is 9.74. The fraction of sp³-hybridized carbons (Fsp3) is 0.538. The van der Waals surface area contributed by atoms with Crippen LogP contribution in [0.2, 0.25) is 0 Å². The molecule has 0 bridgehead atoms. The van der Waals surface area contributed by atoms with Gasteiger partial charge in [0.2, 0.25) is 0 Å². The first-order chi connectivity index (χ1) is 7.88. The fourth-order valence-electron chi connectivity index (χ4n) is 1.93. The molecule has 0 aliphatic carbocycles. The van der Waals surface area contributed by atoms with Gasteiger partial charge in [-0.2, -0.15) is 0 Å². The van der Waals surface area contributed by atoms with Gasteiger partial charge in [0, 0.05) is 24.4 Å². The summed E-state index contributed by atoms with van der Waals surface area (Å²) in [6, 6.07) is 8.53. The lowest BCUT2D eigenvalue weighted by atomic mass is 10.1. The molecule has 0 aromatic heterocycles. The van der Waals surface area contributed by atoms with Crippen LogP contribution in [0.15, 0.2) is 24.3 Å². The summed E-state index contributed by atoms with van der Waals surface area (Å²) in [4.78, 5) is 0. The molecule has 0 spiro atoms. The lowest BCUT2D eigenvalue weighted by Crippen LogP contribution is -2.29. The van der Waals surface area contributed by atoms with Crippen molar-refractivity contribution in [1.82, 2.24) is 0 Å². The zero-order chi connectivity index (χ0) is 11.2. The van der Waals surface area contributed by atoms with Crippen LogP contribution in [0.5, 0.6) is 5.75 Å². The molecule has 2 rings (SSSR count). The number of hydrogen-bond acceptors (Lipinski definition) is 3. The first kappa shape index (κ1) is 11.3. The molecule has 1 aromatic carbocycles. The first-order valence-electron chi connectivity index (χ1n) is 5.95. The molecule has 1 atom stereocenters. The van der Waals surface area contributed by atoms with Gasteiger partial charge in [0.1, 0.15) is 5.75 Å². The van der Waals surface area contributed by atoms with E-state index in [9.17, 15) is 0 Å². The minimum absolute atomic E-state index is 0.436. The van der Waals surface area contributed by atoms with E-state index in [1.54, 1.807) is 0 Å². The van der Waals surface area contributed by atoms with Gasteiger partial charge in [0.05, 0.1) is 13.2 Å². The van der Waals surface area contributed by atoms with Crippen LogP contribution in [-0.2, 0) is 4.74 Å².